The average Bonchev–Trinajstić information content (AvgIpc) is 3.29. The lowest BCUT2D eigenvalue weighted by molar-refractivity contribution is 0.0730. The first-order valence-electron chi connectivity index (χ1n) is 10.7. The number of nitrogens with zero attached hydrogens (tertiary/aromatic N) is 2. The third kappa shape index (κ3) is 5.44. The van der Waals surface area contributed by atoms with Crippen molar-refractivity contribution in [2.24, 2.45) is 5.14 Å². The molecule has 13 heteroatoms. The topological polar surface area (TPSA) is 150 Å². The largest absolute Gasteiger partial charge is 0.421 e. The molecule has 10 nitrogen and oxygen atoms in total. The molecule has 0 spiro atoms. The maximum atomic E-state index is 14.6. The zero-order chi connectivity index (χ0) is 26.8. The molecule has 192 valence electrons. The Hall–Kier alpha value is -3.91. The number of benzene rings is 2. The number of sulfonamides is 1. The third-order valence-electron chi connectivity index (χ3n) is 5.28. The zero-order valence-electron chi connectivity index (χ0n) is 19.3. The monoisotopic (exact) mass is 544 g/mol. The number of nitrogens with one attached hydrogen (secondary N) is 1. The highest BCUT2D eigenvalue weighted by Gasteiger charge is 2.28. The van der Waals surface area contributed by atoms with E-state index in [1.807, 2.05) is 0 Å². The Morgan fingerprint density at radius 2 is 1.78 bits per heavy atom. The van der Waals surface area contributed by atoms with Crippen molar-refractivity contribution in [3.05, 3.63) is 96.2 Å². The number of carbonyl (C=O) groups excluding carboxylic acids is 1. The number of ether oxygens (including phenoxy) is 1. The molecule has 0 aliphatic carbocycles. The van der Waals surface area contributed by atoms with Gasteiger partial charge in [-0.05, 0) is 55.1 Å². The van der Waals surface area contributed by atoms with Gasteiger partial charge in [-0.25, -0.2) is 35.1 Å². The molecule has 4 rings (SSSR count). The van der Waals surface area contributed by atoms with Crippen molar-refractivity contribution < 1.29 is 30.8 Å². The summed E-state index contributed by atoms with van der Waals surface area (Å²) in [4.78, 5) is 16.0. The molecule has 0 bridgehead atoms. The Balaban J connectivity index is 1.76. The smallest absolute Gasteiger partial charge is 0.343 e. The molecule has 0 aliphatic rings. The van der Waals surface area contributed by atoms with Crippen molar-refractivity contribution in [2.75, 3.05) is 7.05 Å². The van der Waals surface area contributed by atoms with E-state index in [1.54, 1.807) is 19.2 Å². The molecule has 0 fully saturated rings. The molecular weight excluding hydrogens is 523 g/mol. The van der Waals surface area contributed by atoms with Gasteiger partial charge in [-0.3, -0.25) is 4.98 Å². The van der Waals surface area contributed by atoms with Gasteiger partial charge in [0.1, 0.15) is 10.7 Å². The zero-order valence-corrected chi connectivity index (χ0v) is 21.0. The van der Waals surface area contributed by atoms with Gasteiger partial charge < -0.3 is 10.1 Å². The van der Waals surface area contributed by atoms with Crippen LogP contribution in [-0.2, 0) is 26.6 Å². The minimum atomic E-state index is -4.43. The van der Waals surface area contributed by atoms with Crippen LogP contribution < -0.4 is 15.2 Å². The Morgan fingerprint density at radius 3 is 2.43 bits per heavy atom. The van der Waals surface area contributed by atoms with Crippen molar-refractivity contribution in [1.82, 2.24) is 14.3 Å². The summed E-state index contributed by atoms with van der Waals surface area (Å²) in [6, 6.07) is 13.1. The number of pyridine rings is 1. The first kappa shape index (κ1) is 26.2. The van der Waals surface area contributed by atoms with E-state index in [0.29, 0.717) is 12.1 Å². The highest BCUT2D eigenvalue weighted by Crippen LogP contribution is 2.32. The SMILES string of the molecule is CNCc1cc(-c2ccccc2F)n(S(=O)(=O)c2cnccc2OC(=O)c2ccc(S(N)(=O)=O)cc2)c1. The number of rotatable bonds is 8. The first-order valence-corrected chi connectivity index (χ1v) is 13.7. The maximum absolute atomic E-state index is 14.6. The van der Waals surface area contributed by atoms with Crippen molar-refractivity contribution >= 4 is 26.0 Å². The average molecular weight is 545 g/mol. The van der Waals surface area contributed by atoms with Crippen molar-refractivity contribution in [2.45, 2.75) is 16.3 Å². The molecule has 0 saturated heterocycles. The fourth-order valence-electron chi connectivity index (χ4n) is 3.55. The van der Waals surface area contributed by atoms with Crippen molar-refractivity contribution in [1.29, 1.82) is 0 Å². The summed E-state index contributed by atoms with van der Waals surface area (Å²) < 4.78 is 71.3. The van der Waals surface area contributed by atoms with E-state index in [9.17, 15) is 26.0 Å². The lowest BCUT2D eigenvalue weighted by atomic mass is 10.1. The molecule has 0 atom stereocenters. The van der Waals surface area contributed by atoms with Crippen molar-refractivity contribution in [3.63, 3.8) is 0 Å². The van der Waals surface area contributed by atoms with Gasteiger partial charge in [0.25, 0.3) is 10.0 Å². The van der Waals surface area contributed by atoms with Crippen LogP contribution in [0.3, 0.4) is 0 Å². The molecule has 0 aliphatic heterocycles. The molecule has 0 unspecified atom stereocenters. The molecule has 2 aromatic carbocycles. The second-order valence-corrected chi connectivity index (χ2v) is 11.2. The second-order valence-electron chi connectivity index (χ2n) is 7.83. The van der Waals surface area contributed by atoms with E-state index < -0.39 is 36.7 Å². The second kappa shape index (κ2) is 10.2. The fraction of sp³-hybridized carbons (Fsp3) is 0.0833. The number of hydrogen-bond donors (Lipinski definition) is 2. The van der Waals surface area contributed by atoms with Crippen LogP contribution in [0.15, 0.2) is 89.0 Å². The number of aromatic nitrogens is 2. The lowest BCUT2D eigenvalue weighted by Gasteiger charge is -2.14. The number of esters is 1. The minimum absolute atomic E-state index is 0.0446. The summed E-state index contributed by atoms with van der Waals surface area (Å²) in [5.74, 6) is -1.88. The van der Waals surface area contributed by atoms with Crippen LogP contribution in [0, 0.1) is 5.82 Å². The maximum Gasteiger partial charge on any atom is 0.343 e. The third-order valence-corrected chi connectivity index (χ3v) is 7.89. The molecule has 0 amide bonds. The molecule has 2 heterocycles. The van der Waals surface area contributed by atoms with Gasteiger partial charge in [0, 0.05) is 30.6 Å². The number of hydrogen-bond acceptors (Lipinski definition) is 8. The Morgan fingerprint density at radius 1 is 1.08 bits per heavy atom. The van der Waals surface area contributed by atoms with Gasteiger partial charge in [0.15, 0.2) is 5.75 Å². The molecule has 37 heavy (non-hydrogen) atoms. The van der Waals surface area contributed by atoms with Crippen LogP contribution in [0.5, 0.6) is 5.75 Å². The van der Waals surface area contributed by atoms with Gasteiger partial charge in [-0.15, -0.1) is 0 Å². The minimum Gasteiger partial charge on any atom is -0.421 e. The van der Waals surface area contributed by atoms with E-state index in [4.69, 9.17) is 9.88 Å². The summed E-state index contributed by atoms with van der Waals surface area (Å²) in [5.41, 5.74) is 0.660. The van der Waals surface area contributed by atoms with Gasteiger partial charge in [-0.2, -0.15) is 0 Å². The van der Waals surface area contributed by atoms with Crippen LogP contribution >= 0.6 is 0 Å². The van der Waals surface area contributed by atoms with Crippen LogP contribution in [0.1, 0.15) is 15.9 Å². The van der Waals surface area contributed by atoms with E-state index >= 15 is 0 Å². The van der Waals surface area contributed by atoms with Crippen LogP contribution in [0.4, 0.5) is 4.39 Å². The molecule has 4 aromatic rings. The van der Waals surface area contributed by atoms with Crippen LogP contribution in [0.2, 0.25) is 0 Å². The Kier molecular flexibility index (Phi) is 7.23. The van der Waals surface area contributed by atoms with Gasteiger partial charge in [-0.1, -0.05) is 12.1 Å². The normalized spacial score (nSPS) is 11.9. The summed E-state index contributed by atoms with van der Waals surface area (Å²) in [6.45, 7) is 0.313. The summed E-state index contributed by atoms with van der Waals surface area (Å²) >= 11 is 0. The highest BCUT2D eigenvalue weighted by molar-refractivity contribution is 7.90. The van der Waals surface area contributed by atoms with Gasteiger partial charge >= 0.3 is 5.97 Å². The summed E-state index contributed by atoms with van der Waals surface area (Å²) in [7, 11) is -6.71. The quantitative estimate of drug-likeness (QED) is 0.321. The summed E-state index contributed by atoms with van der Waals surface area (Å²) in [5, 5.41) is 7.99. The van der Waals surface area contributed by atoms with Gasteiger partial charge in [0.2, 0.25) is 10.0 Å². The molecule has 2 aromatic heterocycles. The number of primary sulfonamides is 1. The van der Waals surface area contributed by atoms with E-state index in [1.165, 1.54) is 48.8 Å². The van der Waals surface area contributed by atoms with Crippen molar-refractivity contribution in [3.8, 4) is 17.0 Å². The number of nitrogens with two attached hydrogens (primary N) is 1. The molecule has 0 radical (unpaired) electrons. The Bertz CT molecular complexity index is 1680. The first-order chi connectivity index (χ1) is 17.5. The molecule has 0 saturated carbocycles. The van der Waals surface area contributed by atoms with E-state index in [-0.39, 0.29) is 27.5 Å². The van der Waals surface area contributed by atoms with Crippen LogP contribution in [0.25, 0.3) is 11.3 Å². The lowest BCUT2D eigenvalue weighted by Crippen LogP contribution is -2.17. The number of halogens is 1. The van der Waals surface area contributed by atoms with E-state index in [0.717, 1.165) is 22.3 Å². The Labute approximate surface area is 212 Å². The highest BCUT2D eigenvalue weighted by atomic mass is 32.2. The van der Waals surface area contributed by atoms with Crippen LogP contribution in [-0.4, -0.2) is 38.8 Å². The van der Waals surface area contributed by atoms with E-state index in [2.05, 4.69) is 10.3 Å². The predicted molar refractivity (Wildman–Crippen MR) is 132 cm³/mol. The fourth-order valence-corrected chi connectivity index (χ4v) is 5.52. The molecular formula is C24H21FN4O6S2. The predicted octanol–water partition coefficient (Wildman–Crippen LogP) is 2.51. The van der Waals surface area contributed by atoms with Gasteiger partial charge in [0.05, 0.1) is 22.3 Å². The summed E-state index contributed by atoms with van der Waals surface area (Å²) in [6.07, 6.45) is 3.61. The molecule has 3 N–H and O–H groups in total. The number of carbonyl (C=O) groups is 1. The standard InChI is InChI=1S/C24H21FN4O6S2/c1-27-13-16-12-21(19-4-2-3-5-20(19)25)29(15-16)37(33,34)23-14-28-11-10-22(23)35-24(30)17-6-8-18(9-7-17)36(26,31)32/h2-12,14-15,27H,13H2,1H3,(H2,26,31,32).